The molecule has 0 amide bonds. The molecule has 0 atom stereocenters. The van der Waals surface area contributed by atoms with Crippen LogP contribution in [0.25, 0.3) is 86.9 Å². The topological polar surface area (TPSA) is 38.9 Å². The van der Waals surface area contributed by atoms with Gasteiger partial charge >= 0.3 is 0 Å². The summed E-state index contributed by atoms with van der Waals surface area (Å²) < 4.78 is 49.9. The van der Waals surface area contributed by atoms with Gasteiger partial charge in [0.2, 0.25) is 0 Å². The van der Waals surface area contributed by atoms with E-state index in [4.69, 9.17) is 16.3 Å². The molecule has 0 bridgehead atoms. The first-order chi connectivity index (χ1) is 30.9. The first-order valence-electron chi connectivity index (χ1n) is 22.7. The second-order valence-electron chi connectivity index (χ2n) is 17.2. The number of benzene rings is 6. The molecule has 0 saturated carbocycles. The minimum atomic E-state index is -2.47. The molecule has 10 rings (SSSR count). The van der Waals surface area contributed by atoms with Gasteiger partial charge in [-0.25, -0.2) is 0 Å². The van der Waals surface area contributed by atoms with E-state index < -0.39 is 26.7 Å². The van der Waals surface area contributed by atoms with Crippen LogP contribution in [0.15, 0.2) is 156 Å². The number of para-hydroxylation sites is 1. The molecule has 4 aromatic heterocycles. The van der Waals surface area contributed by atoms with Crippen LogP contribution in [0.3, 0.4) is 0 Å². The first kappa shape index (κ1) is 36.2. The van der Waals surface area contributed by atoms with Gasteiger partial charge in [0, 0.05) is 44.1 Å². The van der Waals surface area contributed by atoms with Crippen LogP contribution in [0.4, 0.5) is 0 Å². The average Bonchev–Trinajstić information content (AvgIpc) is 3.86. The van der Waals surface area contributed by atoms with Gasteiger partial charge in [-0.05, 0) is 90.5 Å². The summed E-state index contributed by atoms with van der Waals surface area (Å²) in [7, 11) is -1.38. The van der Waals surface area contributed by atoms with Crippen LogP contribution < -0.4 is 5.19 Å². The summed E-state index contributed by atoms with van der Waals surface area (Å²) in [6.45, 7) is 9.87. The maximum Gasteiger partial charge on any atom is 0.123 e. The predicted molar refractivity (Wildman–Crippen MR) is 259 cm³/mol. The third-order valence-corrected chi connectivity index (χ3v) is 13.8. The third kappa shape index (κ3) is 8.82. The number of pyridine rings is 2. The van der Waals surface area contributed by atoms with E-state index in [-0.39, 0.29) is 31.2 Å². The smallest absolute Gasteiger partial charge is 0.123 e. The maximum atomic E-state index is 8.84. The van der Waals surface area contributed by atoms with Gasteiger partial charge in [-0.1, -0.05) is 172 Å². The molecule has 0 fully saturated rings. The standard InChI is InChI=1S/C29H26NS.C26H22NOSi.Ir/c1-19-18-30-26(15-22(19)17-29(2,3)4)25-12-8-11-24-23-14-13-21(16-27(23)31-28(24)25)20-9-6-5-7-10-20;1-29(2,3)20-13-14-23(27-17-20)19-15-22(18-9-5-4-6-10-18)26-21-11-7-8-12-24(21)28-25(26)16-19;/h5-11,13-16,18H,17H2,1-4H3;4-15,17H,1-3H3;/q2*-1;/i1D3,17D2;;. The predicted octanol–water partition coefficient (Wildman–Crippen LogP) is 15.1. The fourth-order valence-electron chi connectivity index (χ4n) is 7.60. The molecule has 6 heteroatoms. The number of rotatable bonds is 6. The molecular weight excluding hydrogens is 957 g/mol. The van der Waals surface area contributed by atoms with Crippen molar-refractivity contribution in [1.29, 1.82) is 0 Å². The molecule has 3 nitrogen and oxygen atoms in total. The van der Waals surface area contributed by atoms with Gasteiger partial charge in [-0.15, -0.1) is 35.4 Å². The van der Waals surface area contributed by atoms with Crippen LogP contribution in [0, 0.1) is 24.4 Å². The SMILES string of the molecule is C[Si](C)(C)c1ccc(-c2[c-]c3oc4ccccc4c3c(-c3ccccc3)c2)nc1.[2H]C([2H])([2H])c1cnc(-c2[c-]ccc3c2sc2cc(-c4ccccc4)ccc23)cc1C([2H])([2H])C(C)(C)C.[Ir]. The van der Waals surface area contributed by atoms with E-state index in [1.54, 1.807) is 38.2 Å². The third-order valence-electron chi connectivity index (χ3n) is 10.6. The van der Waals surface area contributed by atoms with Crippen molar-refractivity contribution in [3.8, 4) is 44.8 Å². The molecule has 61 heavy (non-hydrogen) atoms. The summed E-state index contributed by atoms with van der Waals surface area (Å²) >= 11 is 1.64. The minimum Gasteiger partial charge on any atom is -0.477 e. The van der Waals surface area contributed by atoms with Crippen LogP contribution in [-0.4, -0.2) is 18.0 Å². The maximum absolute atomic E-state index is 8.84. The van der Waals surface area contributed by atoms with E-state index in [2.05, 4.69) is 122 Å². The fourth-order valence-corrected chi connectivity index (χ4v) is 9.88. The van der Waals surface area contributed by atoms with Crippen molar-refractivity contribution in [2.24, 2.45) is 5.41 Å². The fraction of sp³-hybridized carbons (Fsp3) is 0.164. The van der Waals surface area contributed by atoms with Crippen LogP contribution in [0.5, 0.6) is 0 Å². The molecule has 0 spiro atoms. The molecule has 0 unspecified atom stereocenters. The van der Waals surface area contributed by atoms with Crippen LogP contribution in [0.1, 0.15) is 38.8 Å². The van der Waals surface area contributed by atoms with Crippen molar-refractivity contribution in [2.75, 3.05) is 0 Å². The number of aryl methyl sites for hydroxylation is 1. The first-order valence-corrected chi connectivity index (χ1v) is 24.5. The van der Waals surface area contributed by atoms with Crippen molar-refractivity contribution in [3.05, 3.63) is 175 Å². The molecule has 0 N–H and O–H groups in total. The van der Waals surface area contributed by atoms with Gasteiger partial charge in [0.15, 0.2) is 0 Å². The van der Waals surface area contributed by atoms with Gasteiger partial charge in [0.25, 0.3) is 0 Å². The summed E-state index contributed by atoms with van der Waals surface area (Å²) in [5, 5.41) is 5.79. The molecule has 0 aliphatic carbocycles. The van der Waals surface area contributed by atoms with Crippen molar-refractivity contribution in [3.63, 3.8) is 0 Å². The number of aromatic nitrogens is 2. The molecule has 4 heterocycles. The van der Waals surface area contributed by atoms with Crippen molar-refractivity contribution >= 4 is 66.7 Å². The number of fused-ring (bicyclic) bond motifs is 6. The van der Waals surface area contributed by atoms with Crippen LogP contribution in [-0.2, 0) is 26.5 Å². The molecule has 1 radical (unpaired) electrons. The number of furan rings is 1. The molecule has 0 aliphatic rings. The van der Waals surface area contributed by atoms with E-state index in [1.807, 2.05) is 54.7 Å². The number of nitrogens with zero attached hydrogens (tertiary/aromatic N) is 2. The zero-order valence-corrected chi connectivity index (χ0v) is 39.2. The Morgan fingerprint density at radius 3 is 2.15 bits per heavy atom. The summed E-state index contributed by atoms with van der Waals surface area (Å²) in [5.41, 5.74) is 8.70. The Hall–Kier alpha value is -5.49. The zero-order valence-electron chi connectivity index (χ0n) is 40.0. The molecule has 305 valence electrons. The van der Waals surface area contributed by atoms with Crippen molar-refractivity contribution in [2.45, 2.75) is 53.6 Å². The Kier molecular flexibility index (Phi) is 10.1. The molecule has 0 aliphatic heterocycles. The minimum absolute atomic E-state index is 0. The second kappa shape index (κ2) is 17.1. The summed E-state index contributed by atoms with van der Waals surface area (Å²) in [6.07, 6.45) is 1.46. The zero-order chi connectivity index (χ0) is 45.9. The average molecular weight is 1010 g/mol. The van der Waals surface area contributed by atoms with E-state index >= 15 is 0 Å². The molecular formula is C55H48IrN2OSSi-2. The second-order valence-corrected chi connectivity index (χ2v) is 23.3. The van der Waals surface area contributed by atoms with E-state index in [1.165, 1.54) is 11.4 Å². The number of hydrogen-bond acceptors (Lipinski definition) is 4. The van der Waals surface area contributed by atoms with Crippen molar-refractivity contribution in [1.82, 2.24) is 9.97 Å². The number of hydrogen-bond donors (Lipinski definition) is 0. The normalized spacial score (nSPS) is 13.4. The Labute approximate surface area is 384 Å². The van der Waals surface area contributed by atoms with E-state index in [0.717, 1.165) is 81.2 Å². The van der Waals surface area contributed by atoms with E-state index in [9.17, 15) is 0 Å². The largest absolute Gasteiger partial charge is 0.477 e. The summed E-state index contributed by atoms with van der Waals surface area (Å²) in [6, 6.07) is 54.1. The van der Waals surface area contributed by atoms with Gasteiger partial charge in [-0.3, -0.25) is 0 Å². The Bertz CT molecular complexity index is 3350. The monoisotopic (exact) mass is 1010 g/mol. The Morgan fingerprint density at radius 2 is 1.44 bits per heavy atom. The quantitative estimate of drug-likeness (QED) is 0.123. The van der Waals surface area contributed by atoms with Gasteiger partial charge < -0.3 is 14.4 Å². The van der Waals surface area contributed by atoms with Crippen LogP contribution >= 0.6 is 11.3 Å². The van der Waals surface area contributed by atoms with Gasteiger partial charge in [0.1, 0.15) is 5.58 Å². The summed E-state index contributed by atoms with van der Waals surface area (Å²) in [4.78, 5) is 9.28. The Morgan fingerprint density at radius 1 is 0.721 bits per heavy atom. The van der Waals surface area contributed by atoms with Gasteiger partial charge in [0.05, 0.1) is 13.7 Å². The summed E-state index contributed by atoms with van der Waals surface area (Å²) in [5.74, 6) is 0. The molecule has 10 aromatic rings. The number of thiophene rings is 1. The van der Waals surface area contributed by atoms with Crippen molar-refractivity contribution < 1.29 is 31.4 Å². The molecule has 0 saturated heterocycles. The van der Waals surface area contributed by atoms with Crippen LogP contribution in [0.2, 0.25) is 19.6 Å². The Balaban J connectivity index is 0.000000180. The van der Waals surface area contributed by atoms with Gasteiger partial charge in [-0.2, -0.15) is 11.3 Å². The van der Waals surface area contributed by atoms with E-state index in [0.29, 0.717) is 5.69 Å². The molecule has 6 aromatic carbocycles.